The summed E-state index contributed by atoms with van der Waals surface area (Å²) in [5.41, 5.74) is 7.07. The van der Waals surface area contributed by atoms with Gasteiger partial charge in [0, 0.05) is 5.56 Å². The van der Waals surface area contributed by atoms with Crippen LogP contribution >= 0.6 is 0 Å². The van der Waals surface area contributed by atoms with Crippen LogP contribution < -0.4 is 5.73 Å². The number of nitrogens with two attached hydrogens (primary N) is 1. The summed E-state index contributed by atoms with van der Waals surface area (Å²) in [7, 11) is 0. The van der Waals surface area contributed by atoms with Crippen molar-refractivity contribution in [2.75, 3.05) is 6.54 Å². The third kappa shape index (κ3) is 2.46. The van der Waals surface area contributed by atoms with E-state index in [2.05, 4.69) is 4.98 Å². The van der Waals surface area contributed by atoms with Crippen LogP contribution in [0.5, 0.6) is 0 Å². The van der Waals surface area contributed by atoms with Gasteiger partial charge in [0.15, 0.2) is 0 Å². The molecule has 84 valence electrons. The third-order valence-corrected chi connectivity index (χ3v) is 2.28. The molecule has 0 spiro atoms. The fourth-order valence-corrected chi connectivity index (χ4v) is 1.43. The molecule has 2 N–H and O–H groups in total. The highest BCUT2D eigenvalue weighted by Gasteiger charge is 2.06. The van der Waals surface area contributed by atoms with E-state index < -0.39 is 0 Å². The van der Waals surface area contributed by atoms with E-state index in [-0.39, 0.29) is 5.82 Å². The number of aryl methyl sites for hydroxylation is 1. The predicted octanol–water partition coefficient (Wildman–Crippen LogP) is 2.37. The van der Waals surface area contributed by atoms with Crippen LogP contribution in [0.2, 0.25) is 0 Å². The lowest BCUT2D eigenvalue weighted by Crippen LogP contribution is -2.00. The van der Waals surface area contributed by atoms with Gasteiger partial charge in [0.1, 0.15) is 12.1 Å². The van der Waals surface area contributed by atoms with Crippen LogP contribution in [0.3, 0.4) is 0 Å². The number of benzene rings is 1. The fourth-order valence-electron chi connectivity index (χ4n) is 1.43. The van der Waals surface area contributed by atoms with Crippen molar-refractivity contribution in [2.24, 2.45) is 5.73 Å². The van der Waals surface area contributed by atoms with Crippen molar-refractivity contribution < 1.29 is 8.81 Å². The average Bonchev–Trinajstić information content (AvgIpc) is 2.76. The molecule has 1 aromatic heterocycles. The molecule has 2 aromatic rings. The van der Waals surface area contributed by atoms with Crippen molar-refractivity contribution in [2.45, 2.75) is 12.8 Å². The Kier molecular flexibility index (Phi) is 3.31. The summed E-state index contributed by atoms with van der Waals surface area (Å²) in [6.07, 6.45) is 3.31. The van der Waals surface area contributed by atoms with E-state index in [0.717, 1.165) is 24.1 Å². The molecule has 0 fully saturated rings. The molecule has 2 rings (SSSR count). The van der Waals surface area contributed by atoms with Crippen LogP contribution in [0.4, 0.5) is 4.39 Å². The topological polar surface area (TPSA) is 52.0 Å². The van der Waals surface area contributed by atoms with E-state index in [9.17, 15) is 4.39 Å². The van der Waals surface area contributed by atoms with Gasteiger partial charge in [0.2, 0.25) is 5.89 Å². The van der Waals surface area contributed by atoms with E-state index >= 15 is 0 Å². The molecular formula is C12H13FN2O. The Hall–Kier alpha value is -1.68. The molecule has 1 aromatic carbocycles. The normalized spacial score (nSPS) is 10.6. The molecule has 16 heavy (non-hydrogen) atoms. The molecule has 0 aliphatic rings. The lowest BCUT2D eigenvalue weighted by Gasteiger charge is -1.94. The van der Waals surface area contributed by atoms with Crippen LogP contribution in [-0.2, 0) is 6.42 Å². The van der Waals surface area contributed by atoms with Gasteiger partial charge in [0.25, 0.3) is 0 Å². The highest BCUT2D eigenvalue weighted by molar-refractivity contribution is 5.52. The maximum atomic E-state index is 12.7. The van der Waals surface area contributed by atoms with Gasteiger partial charge in [-0.25, -0.2) is 9.37 Å². The maximum absolute atomic E-state index is 12.7. The maximum Gasteiger partial charge on any atom is 0.226 e. The van der Waals surface area contributed by atoms with Gasteiger partial charge in [-0.15, -0.1) is 0 Å². The standard InChI is InChI=1S/C12H13FN2O/c13-10-5-3-9(4-6-10)12-15-11(8-16-12)2-1-7-14/h3-6,8H,1-2,7,14H2. The summed E-state index contributed by atoms with van der Waals surface area (Å²) in [5.74, 6) is 0.255. The van der Waals surface area contributed by atoms with Crippen molar-refractivity contribution in [3.63, 3.8) is 0 Å². The van der Waals surface area contributed by atoms with E-state index in [4.69, 9.17) is 10.2 Å². The van der Waals surface area contributed by atoms with Crippen molar-refractivity contribution >= 4 is 0 Å². The number of aromatic nitrogens is 1. The Morgan fingerprint density at radius 1 is 1.25 bits per heavy atom. The van der Waals surface area contributed by atoms with Crippen molar-refractivity contribution in [1.29, 1.82) is 0 Å². The summed E-state index contributed by atoms with van der Waals surface area (Å²) in [5, 5.41) is 0. The molecule has 0 unspecified atom stereocenters. The quantitative estimate of drug-likeness (QED) is 0.860. The number of hydrogen-bond acceptors (Lipinski definition) is 3. The first kappa shape index (κ1) is 10.8. The van der Waals surface area contributed by atoms with Gasteiger partial charge in [0.05, 0.1) is 5.69 Å². The van der Waals surface area contributed by atoms with Gasteiger partial charge in [-0.2, -0.15) is 0 Å². The highest BCUT2D eigenvalue weighted by Crippen LogP contribution is 2.19. The molecule has 0 bridgehead atoms. The third-order valence-electron chi connectivity index (χ3n) is 2.28. The predicted molar refractivity (Wildman–Crippen MR) is 59.3 cm³/mol. The Labute approximate surface area is 93.1 Å². The van der Waals surface area contributed by atoms with Crippen molar-refractivity contribution in [3.05, 3.63) is 42.0 Å². The largest absolute Gasteiger partial charge is 0.444 e. The molecule has 0 saturated carbocycles. The second kappa shape index (κ2) is 4.90. The Balaban J connectivity index is 2.15. The first-order valence-corrected chi connectivity index (χ1v) is 5.20. The molecule has 0 atom stereocenters. The van der Waals surface area contributed by atoms with Gasteiger partial charge < -0.3 is 10.2 Å². The average molecular weight is 220 g/mol. The van der Waals surface area contributed by atoms with Crippen LogP contribution in [-0.4, -0.2) is 11.5 Å². The van der Waals surface area contributed by atoms with Crippen molar-refractivity contribution in [1.82, 2.24) is 4.98 Å². The van der Waals surface area contributed by atoms with Crippen LogP contribution in [0, 0.1) is 5.82 Å². The van der Waals surface area contributed by atoms with Crippen molar-refractivity contribution in [3.8, 4) is 11.5 Å². The lowest BCUT2D eigenvalue weighted by atomic mass is 10.2. The minimum absolute atomic E-state index is 0.265. The first-order chi connectivity index (χ1) is 7.79. The molecule has 0 aliphatic heterocycles. The smallest absolute Gasteiger partial charge is 0.226 e. The molecule has 1 heterocycles. The Morgan fingerprint density at radius 2 is 2.00 bits per heavy atom. The SMILES string of the molecule is NCCCc1coc(-c2ccc(F)cc2)n1. The Bertz CT molecular complexity index is 450. The van der Waals surface area contributed by atoms with Gasteiger partial charge >= 0.3 is 0 Å². The molecular weight excluding hydrogens is 207 g/mol. The summed E-state index contributed by atoms with van der Waals surface area (Å²) in [4.78, 5) is 4.30. The summed E-state index contributed by atoms with van der Waals surface area (Å²) >= 11 is 0. The van der Waals surface area contributed by atoms with Gasteiger partial charge in [-0.3, -0.25) is 0 Å². The monoisotopic (exact) mass is 220 g/mol. The molecule has 4 heteroatoms. The highest BCUT2D eigenvalue weighted by atomic mass is 19.1. The van der Waals surface area contributed by atoms with E-state index in [1.807, 2.05) is 0 Å². The summed E-state index contributed by atoms with van der Waals surface area (Å²) in [6.45, 7) is 0.638. The molecule has 0 radical (unpaired) electrons. The zero-order chi connectivity index (χ0) is 11.4. The molecule has 0 aliphatic carbocycles. The molecule has 3 nitrogen and oxygen atoms in total. The minimum Gasteiger partial charge on any atom is -0.444 e. The Morgan fingerprint density at radius 3 is 2.69 bits per heavy atom. The summed E-state index contributed by atoms with van der Waals surface area (Å²) < 4.78 is 18.0. The molecule has 0 amide bonds. The summed E-state index contributed by atoms with van der Waals surface area (Å²) in [6, 6.07) is 6.07. The van der Waals surface area contributed by atoms with Crippen LogP contribution in [0.15, 0.2) is 34.9 Å². The van der Waals surface area contributed by atoms with E-state index in [1.165, 1.54) is 12.1 Å². The zero-order valence-corrected chi connectivity index (χ0v) is 8.82. The fraction of sp³-hybridized carbons (Fsp3) is 0.250. The van der Waals surface area contributed by atoms with E-state index in [0.29, 0.717) is 12.4 Å². The minimum atomic E-state index is -0.265. The number of halogens is 1. The zero-order valence-electron chi connectivity index (χ0n) is 8.82. The number of hydrogen-bond donors (Lipinski definition) is 1. The van der Waals surface area contributed by atoms with Gasteiger partial charge in [-0.05, 0) is 43.7 Å². The van der Waals surface area contributed by atoms with Gasteiger partial charge in [-0.1, -0.05) is 0 Å². The van der Waals surface area contributed by atoms with Crippen LogP contribution in [0.1, 0.15) is 12.1 Å². The number of oxazole rings is 1. The number of nitrogens with zero attached hydrogens (tertiary/aromatic N) is 1. The van der Waals surface area contributed by atoms with E-state index in [1.54, 1.807) is 18.4 Å². The molecule has 0 saturated heterocycles. The second-order valence-corrected chi connectivity index (χ2v) is 3.54. The second-order valence-electron chi connectivity index (χ2n) is 3.54. The number of rotatable bonds is 4. The first-order valence-electron chi connectivity index (χ1n) is 5.20. The lowest BCUT2D eigenvalue weighted by molar-refractivity contribution is 0.571. The van der Waals surface area contributed by atoms with Crippen LogP contribution in [0.25, 0.3) is 11.5 Å².